The lowest BCUT2D eigenvalue weighted by Crippen LogP contribution is -2.46. The van der Waals surface area contributed by atoms with Crippen molar-refractivity contribution in [2.75, 3.05) is 6.54 Å². The number of rotatable bonds is 5. The summed E-state index contributed by atoms with van der Waals surface area (Å²) in [5.74, 6) is -0.297. The minimum absolute atomic E-state index is 0.297. The normalized spacial score (nSPS) is 15.5. The van der Waals surface area contributed by atoms with E-state index in [1.54, 1.807) is 19.1 Å². The Hall–Kier alpha value is -1.23. The zero-order chi connectivity index (χ0) is 15.5. The third kappa shape index (κ3) is 3.34. The third-order valence-corrected chi connectivity index (χ3v) is 4.62. The molecule has 0 saturated heterocycles. The van der Waals surface area contributed by atoms with Crippen LogP contribution in [0.1, 0.15) is 18.1 Å². The van der Waals surface area contributed by atoms with Crippen molar-refractivity contribution in [1.82, 2.24) is 0 Å². The minimum atomic E-state index is -0.617. The van der Waals surface area contributed by atoms with Crippen LogP contribution in [-0.2, 0) is 11.8 Å². The van der Waals surface area contributed by atoms with Crippen molar-refractivity contribution in [2.45, 2.75) is 24.9 Å². The summed E-state index contributed by atoms with van der Waals surface area (Å²) in [4.78, 5) is 0. The number of aliphatic hydroxyl groups excluding tert-OH is 1. The van der Waals surface area contributed by atoms with Crippen molar-refractivity contribution in [3.05, 3.63) is 69.9 Å². The van der Waals surface area contributed by atoms with Crippen LogP contribution < -0.4 is 5.73 Å². The molecule has 0 aliphatic rings. The maximum atomic E-state index is 13.4. The molecule has 2 nitrogen and oxygen atoms in total. The largest absolute Gasteiger partial charge is 0.392 e. The van der Waals surface area contributed by atoms with E-state index < -0.39 is 11.5 Å². The molecule has 0 amide bonds. The lowest BCUT2D eigenvalue weighted by atomic mass is 9.72. The van der Waals surface area contributed by atoms with Crippen LogP contribution in [0.25, 0.3) is 0 Å². The van der Waals surface area contributed by atoms with Gasteiger partial charge in [0, 0.05) is 12.0 Å². The molecule has 2 aromatic carbocycles. The summed E-state index contributed by atoms with van der Waals surface area (Å²) >= 11 is 3.20. The molecule has 3 N–H and O–H groups in total. The summed E-state index contributed by atoms with van der Waals surface area (Å²) in [6.07, 6.45) is -0.0712. The number of aliphatic hydroxyl groups is 1. The average Bonchev–Trinajstić information content (AvgIpc) is 2.49. The number of nitrogens with two attached hydrogens (primary N) is 1. The summed E-state index contributed by atoms with van der Waals surface area (Å²) in [6.45, 7) is 2.06. The lowest BCUT2D eigenvalue weighted by molar-refractivity contribution is 0.100. The molecule has 0 aliphatic heterocycles. The Bertz CT molecular complexity index is 603. The maximum Gasteiger partial charge on any atom is 0.137 e. The summed E-state index contributed by atoms with van der Waals surface area (Å²) in [7, 11) is 0. The Balaban J connectivity index is 2.43. The van der Waals surface area contributed by atoms with Crippen molar-refractivity contribution in [3.63, 3.8) is 0 Å². The summed E-state index contributed by atoms with van der Waals surface area (Å²) < 4.78 is 13.8. The van der Waals surface area contributed by atoms with Gasteiger partial charge in [-0.2, -0.15) is 0 Å². The van der Waals surface area contributed by atoms with Gasteiger partial charge in [0.1, 0.15) is 5.82 Å². The second-order valence-corrected chi connectivity index (χ2v) is 6.18. The number of benzene rings is 2. The van der Waals surface area contributed by atoms with Gasteiger partial charge in [0.25, 0.3) is 0 Å². The molecule has 4 heteroatoms. The fraction of sp³-hybridized carbons (Fsp3) is 0.294. The first-order valence-corrected chi connectivity index (χ1v) is 7.66. The highest BCUT2D eigenvalue weighted by atomic mass is 79.9. The van der Waals surface area contributed by atoms with E-state index in [1.807, 2.05) is 30.3 Å². The second-order valence-electron chi connectivity index (χ2n) is 5.33. The predicted molar refractivity (Wildman–Crippen MR) is 86.7 cm³/mol. The fourth-order valence-corrected chi connectivity index (χ4v) is 3.06. The van der Waals surface area contributed by atoms with Crippen LogP contribution in [0.15, 0.2) is 53.0 Å². The quantitative estimate of drug-likeness (QED) is 0.866. The number of hydrogen-bond acceptors (Lipinski definition) is 2. The van der Waals surface area contributed by atoms with E-state index in [-0.39, 0.29) is 5.82 Å². The number of hydrogen-bond donors (Lipinski definition) is 2. The molecule has 0 aliphatic carbocycles. The van der Waals surface area contributed by atoms with Crippen molar-refractivity contribution in [2.24, 2.45) is 5.73 Å². The molecule has 0 radical (unpaired) electrons. The first-order chi connectivity index (χ1) is 9.99. The molecule has 2 rings (SSSR count). The van der Waals surface area contributed by atoms with Crippen LogP contribution in [0.3, 0.4) is 0 Å². The van der Waals surface area contributed by atoms with Crippen molar-refractivity contribution >= 4 is 15.9 Å². The standard InChI is InChI=1S/C17H19BrFNO/c1-12(21)17(11-20,14-5-3-2-4-6-14)10-13-7-8-16(19)15(18)9-13/h2-9,12,21H,10-11,20H2,1H3. The van der Waals surface area contributed by atoms with E-state index in [0.29, 0.717) is 17.4 Å². The van der Waals surface area contributed by atoms with Gasteiger partial charge in [-0.25, -0.2) is 4.39 Å². The molecule has 0 aromatic heterocycles. The molecule has 0 heterocycles. The predicted octanol–water partition coefficient (Wildman–Crippen LogP) is 3.41. The van der Waals surface area contributed by atoms with Gasteiger partial charge in [-0.3, -0.25) is 0 Å². The monoisotopic (exact) mass is 351 g/mol. The van der Waals surface area contributed by atoms with Gasteiger partial charge in [-0.15, -0.1) is 0 Å². The maximum absolute atomic E-state index is 13.4. The summed E-state index contributed by atoms with van der Waals surface area (Å²) in [6, 6.07) is 14.6. The van der Waals surface area contributed by atoms with Gasteiger partial charge in [0.15, 0.2) is 0 Å². The van der Waals surface area contributed by atoms with Gasteiger partial charge in [0.2, 0.25) is 0 Å². The van der Waals surface area contributed by atoms with Crippen LogP contribution in [0.4, 0.5) is 4.39 Å². The smallest absolute Gasteiger partial charge is 0.137 e. The number of halogens is 2. The molecule has 2 aromatic rings. The van der Waals surface area contributed by atoms with Gasteiger partial charge in [-0.05, 0) is 52.5 Å². The first kappa shape index (κ1) is 16.1. The van der Waals surface area contributed by atoms with Crippen LogP contribution in [0, 0.1) is 5.82 Å². The Labute approximate surface area is 132 Å². The van der Waals surface area contributed by atoms with E-state index in [4.69, 9.17) is 5.73 Å². The minimum Gasteiger partial charge on any atom is -0.392 e. The first-order valence-electron chi connectivity index (χ1n) is 6.87. The molecule has 21 heavy (non-hydrogen) atoms. The molecular weight excluding hydrogens is 333 g/mol. The SMILES string of the molecule is CC(O)C(CN)(Cc1ccc(F)c(Br)c1)c1ccccc1. The van der Waals surface area contributed by atoms with E-state index in [2.05, 4.69) is 15.9 Å². The molecular formula is C17H19BrFNO. The summed E-state index contributed by atoms with van der Waals surface area (Å²) in [5.41, 5.74) is 7.34. The molecule has 2 atom stereocenters. The van der Waals surface area contributed by atoms with Crippen molar-refractivity contribution in [1.29, 1.82) is 0 Å². The van der Waals surface area contributed by atoms with Crippen LogP contribution >= 0.6 is 15.9 Å². The van der Waals surface area contributed by atoms with E-state index in [1.165, 1.54) is 6.07 Å². The van der Waals surface area contributed by atoms with Gasteiger partial charge >= 0.3 is 0 Å². The van der Waals surface area contributed by atoms with Crippen molar-refractivity contribution in [3.8, 4) is 0 Å². The highest BCUT2D eigenvalue weighted by Crippen LogP contribution is 2.32. The average molecular weight is 352 g/mol. The summed E-state index contributed by atoms with van der Waals surface area (Å²) in [5, 5.41) is 10.3. The zero-order valence-corrected chi connectivity index (χ0v) is 13.5. The Morgan fingerprint density at radius 2 is 1.90 bits per heavy atom. The zero-order valence-electron chi connectivity index (χ0n) is 11.9. The van der Waals surface area contributed by atoms with Crippen LogP contribution in [0.5, 0.6) is 0 Å². The topological polar surface area (TPSA) is 46.2 Å². The van der Waals surface area contributed by atoms with Gasteiger partial charge < -0.3 is 10.8 Å². The van der Waals surface area contributed by atoms with E-state index in [9.17, 15) is 9.50 Å². The highest BCUT2D eigenvalue weighted by Gasteiger charge is 2.36. The van der Waals surface area contributed by atoms with Crippen LogP contribution in [-0.4, -0.2) is 17.8 Å². The third-order valence-electron chi connectivity index (χ3n) is 4.02. The molecule has 0 fully saturated rings. The molecule has 0 spiro atoms. The Kier molecular flexibility index (Phi) is 5.14. The Morgan fingerprint density at radius 1 is 1.24 bits per heavy atom. The molecule has 0 saturated carbocycles. The van der Waals surface area contributed by atoms with Crippen molar-refractivity contribution < 1.29 is 9.50 Å². The van der Waals surface area contributed by atoms with Crippen LogP contribution in [0.2, 0.25) is 0 Å². The molecule has 112 valence electrons. The van der Waals surface area contributed by atoms with E-state index >= 15 is 0 Å². The molecule has 0 bridgehead atoms. The second kappa shape index (κ2) is 6.69. The lowest BCUT2D eigenvalue weighted by Gasteiger charge is -2.36. The van der Waals surface area contributed by atoms with Gasteiger partial charge in [-0.1, -0.05) is 36.4 Å². The Morgan fingerprint density at radius 3 is 2.43 bits per heavy atom. The van der Waals surface area contributed by atoms with E-state index in [0.717, 1.165) is 11.1 Å². The highest BCUT2D eigenvalue weighted by molar-refractivity contribution is 9.10. The van der Waals surface area contributed by atoms with Gasteiger partial charge in [0.05, 0.1) is 10.6 Å². The molecule has 2 unspecified atom stereocenters. The fourth-order valence-electron chi connectivity index (χ4n) is 2.64.